The summed E-state index contributed by atoms with van der Waals surface area (Å²) in [6, 6.07) is 9.92. The Hall–Kier alpha value is -2.82. The summed E-state index contributed by atoms with van der Waals surface area (Å²) in [5.74, 6) is 0. The summed E-state index contributed by atoms with van der Waals surface area (Å²) >= 11 is 0. The zero-order valence-electron chi connectivity index (χ0n) is 10.7. The maximum atomic E-state index is 12.2. The lowest BCUT2D eigenvalue weighted by molar-refractivity contribution is 0.763. The third kappa shape index (κ3) is 2.47. The Balaban J connectivity index is 1.87. The Morgan fingerprint density at radius 2 is 1.85 bits per heavy atom. The second kappa shape index (κ2) is 5.44. The molecule has 0 aliphatic carbocycles. The molecule has 5 heteroatoms. The highest BCUT2D eigenvalue weighted by molar-refractivity contribution is 5.66. The highest BCUT2D eigenvalue weighted by Crippen LogP contribution is 2.01. The van der Waals surface area contributed by atoms with Gasteiger partial charge in [-0.2, -0.15) is 0 Å². The van der Waals surface area contributed by atoms with Gasteiger partial charge in [0.1, 0.15) is 6.33 Å². The molecular formula is C15H12N4O. The largest absolute Gasteiger partial charge is 0.293 e. The summed E-state index contributed by atoms with van der Waals surface area (Å²) < 4.78 is 1.51. The van der Waals surface area contributed by atoms with Gasteiger partial charge in [0.25, 0.3) is 5.56 Å². The van der Waals surface area contributed by atoms with Crippen LogP contribution in [0.5, 0.6) is 0 Å². The van der Waals surface area contributed by atoms with Crippen molar-refractivity contribution in [2.75, 3.05) is 0 Å². The van der Waals surface area contributed by atoms with Crippen LogP contribution in [0.25, 0.3) is 17.2 Å². The standard InChI is InChI=1S/C15H12N4O/c20-15-13-14(17-9-8-16-13)18-11-19(15)10-4-7-12-5-2-1-3-6-12/h1-9,11H,10H2/b7-4+. The lowest BCUT2D eigenvalue weighted by Gasteiger charge is -2.02. The van der Waals surface area contributed by atoms with Gasteiger partial charge in [-0.15, -0.1) is 0 Å². The minimum absolute atomic E-state index is 0.180. The number of aromatic nitrogens is 4. The number of fused-ring (bicyclic) bond motifs is 1. The van der Waals surface area contributed by atoms with Crippen molar-refractivity contribution in [2.45, 2.75) is 6.54 Å². The lowest BCUT2D eigenvalue weighted by atomic mass is 10.2. The Morgan fingerprint density at radius 3 is 2.70 bits per heavy atom. The summed E-state index contributed by atoms with van der Waals surface area (Å²) in [5, 5.41) is 0. The van der Waals surface area contributed by atoms with E-state index in [0.717, 1.165) is 5.56 Å². The van der Waals surface area contributed by atoms with E-state index in [-0.39, 0.29) is 5.56 Å². The highest BCUT2D eigenvalue weighted by atomic mass is 16.1. The topological polar surface area (TPSA) is 60.7 Å². The molecule has 2 heterocycles. The molecule has 3 rings (SSSR count). The van der Waals surface area contributed by atoms with Crippen LogP contribution in [0.15, 0.2) is 59.9 Å². The van der Waals surface area contributed by atoms with E-state index in [1.165, 1.54) is 23.3 Å². The second-order valence-electron chi connectivity index (χ2n) is 4.24. The van der Waals surface area contributed by atoms with Gasteiger partial charge in [-0.1, -0.05) is 42.5 Å². The van der Waals surface area contributed by atoms with Crippen LogP contribution in [-0.4, -0.2) is 19.5 Å². The van der Waals surface area contributed by atoms with E-state index in [1.54, 1.807) is 0 Å². The van der Waals surface area contributed by atoms with Gasteiger partial charge in [-0.25, -0.2) is 15.0 Å². The molecular weight excluding hydrogens is 252 g/mol. The van der Waals surface area contributed by atoms with Crippen molar-refractivity contribution in [3.8, 4) is 0 Å². The second-order valence-corrected chi connectivity index (χ2v) is 4.24. The molecule has 0 unspecified atom stereocenters. The molecule has 98 valence electrons. The predicted octanol–water partition coefficient (Wildman–Crippen LogP) is 1.90. The molecule has 2 aromatic heterocycles. The maximum absolute atomic E-state index is 12.2. The summed E-state index contributed by atoms with van der Waals surface area (Å²) in [6.07, 6.45) is 8.40. The van der Waals surface area contributed by atoms with Gasteiger partial charge in [0.05, 0.1) is 0 Å². The Kier molecular flexibility index (Phi) is 3.33. The van der Waals surface area contributed by atoms with Crippen molar-refractivity contribution in [3.63, 3.8) is 0 Å². The van der Waals surface area contributed by atoms with Crippen molar-refractivity contribution in [1.29, 1.82) is 0 Å². The lowest BCUT2D eigenvalue weighted by Crippen LogP contribution is -2.21. The first-order valence-electron chi connectivity index (χ1n) is 6.22. The molecule has 0 spiro atoms. The quantitative estimate of drug-likeness (QED) is 0.725. The molecule has 0 radical (unpaired) electrons. The molecule has 0 saturated heterocycles. The molecule has 0 aliphatic heterocycles. The van der Waals surface area contributed by atoms with Gasteiger partial charge in [-0.3, -0.25) is 9.36 Å². The summed E-state index contributed by atoms with van der Waals surface area (Å²) in [7, 11) is 0. The van der Waals surface area contributed by atoms with Crippen LogP contribution in [0.4, 0.5) is 0 Å². The van der Waals surface area contributed by atoms with E-state index in [9.17, 15) is 4.79 Å². The van der Waals surface area contributed by atoms with Gasteiger partial charge in [0, 0.05) is 18.9 Å². The van der Waals surface area contributed by atoms with E-state index in [1.807, 2.05) is 42.5 Å². The monoisotopic (exact) mass is 264 g/mol. The van der Waals surface area contributed by atoms with Crippen LogP contribution in [0.3, 0.4) is 0 Å². The van der Waals surface area contributed by atoms with E-state index >= 15 is 0 Å². The Morgan fingerprint density at radius 1 is 1.05 bits per heavy atom. The summed E-state index contributed by atoms with van der Waals surface area (Å²) in [4.78, 5) is 24.3. The first kappa shape index (κ1) is 12.2. The van der Waals surface area contributed by atoms with Crippen molar-refractivity contribution in [2.24, 2.45) is 0 Å². The SMILES string of the molecule is O=c1c2nccnc2ncn1C/C=C/c1ccccc1. The van der Waals surface area contributed by atoms with E-state index < -0.39 is 0 Å². The van der Waals surface area contributed by atoms with Crippen LogP contribution in [0.2, 0.25) is 0 Å². The number of allylic oxidation sites excluding steroid dienone is 1. The van der Waals surface area contributed by atoms with Gasteiger partial charge < -0.3 is 0 Å². The van der Waals surface area contributed by atoms with Crippen LogP contribution in [0, 0.1) is 0 Å². The highest BCUT2D eigenvalue weighted by Gasteiger charge is 2.03. The fourth-order valence-corrected chi connectivity index (χ4v) is 1.89. The third-order valence-corrected chi connectivity index (χ3v) is 2.87. The fraction of sp³-hybridized carbons (Fsp3) is 0.0667. The zero-order chi connectivity index (χ0) is 13.8. The van der Waals surface area contributed by atoms with Gasteiger partial charge in [0.2, 0.25) is 0 Å². The molecule has 5 nitrogen and oxygen atoms in total. The van der Waals surface area contributed by atoms with Crippen molar-refractivity contribution >= 4 is 17.2 Å². The average molecular weight is 264 g/mol. The van der Waals surface area contributed by atoms with E-state index in [0.29, 0.717) is 17.7 Å². The van der Waals surface area contributed by atoms with Gasteiger partial charge >= 0.3 is 0 Å². The van der Waals surface area contributed by atoms with Crippen LogP contribution in [0.1, 0.15) is 5.56 Å². The van der Waals surface area contributed by atoms with Crippen LogP contribution >= 0.6 is 0 Å². The molecule has 3 aromatic rings. The smallest absolute Gasteiger partial charge is 0.281 e. The van der Waals surface area contributed by atoms with E-state index in [4.69, 9.17) is 0 Å². The molecule has 0 N–H and O–H groups in total. The zero-order valence-corrected chi connectivity index (χ0v) is 10.7. The normalized spacial score (nSPS) is 11.2. The minimum atomic E-state index is -0.180. The molecule has 0 bridgehead atoms. The molecule has 0 aliphatic rings. The predicted molar refractivity (Wildman–Crippen MR) is 77.1 cm³/mol. The summed E-state index contributed by atoms with van der Waals surface area (Å²) in [6.45, 7) is 0.452. The minimum Gasteiger partial charge on any atom is -0.293 e. The first-order valence-corrected chi connectivity index (χ1v) is 6.22. The maximum Gasteiger partial charge on any atom is 0.281 e. The Labute approximate surface area is 115 Å². The van der Waals surface area contributed by atoms with E-state index in [2.05, 4.69) is 15.0 Å². The molecule has 0 fully saturated rings. The number of rotatable bonds is 3. The number of hydrogen-bond acceptors (Lipinski definition) is 4. The average Bonchev–Trinajstić information content (AvgIpc) is 2.51. The van der Waals surface area contributed by atoms with Crippen molar-refractivity contribution < 1.29 is 0 Å². The van der Waals surface area contributed by atoms with Crippen LogP contribution < -0.4 is 5.56 Å². The number of benzene rings is 1. The number of hydrogen-bond donors (Lipinski definition) is 0. The molecule has 0 atom stereocenters. The third-order valence-electron chi connectivity index (χ3n) is 2.87. The summed E-state index contributed by atoms with van der Waals surface area (Å²) in [5.41, 5.74) is 1.58. The van der Waals surface area contributed by atoms with Gasteiger partial charge in [-0.05, 0) is 5.56 Å². The molecule has 0 saturated carbocycles. The first-order chi connectivity index (χ1) is 9.84. The van der Waals surface area contributed by atoms with Crippen LogP contribution in [-0.2, 0) is 6.54 Å². The Bertz CT molecular complexity index is 809. The van der Waals surface area contributed by atoms with Crippen molar-refractivity contribution in [1.82, 2.24) is 19.5 Å². The fourth-order valence-electron chi connectivity index (χ4n) is 1.89. The number of nitrogens with zero attached hydrogens (tertiary/aromatic N) is 4. The van der Waals surface area contributed by atoms with Gasteiger partial charge in [0.15, 0.2) is 11.2 Å². The molecule has 20 heavy (non-hydrogen) atoms. The van der Waals surface area contributed by atoms with Crippen molar-refractivity contribution in [3.05, 3.63) is 71.0 Å². The molecule has 1 aromatic carbocycles. The molecule has 0 amide bonds.